The molecule has 0 aliphatic rings. The van der Waals surface area contributed by atoms with E-state index in [1.54, 1.807) is 49.3 Å². The predicted octanol–water partition coefficient (Wildman–Crippen LogP) is 5.40. The Hall–Kier alpha value is -3.17. The normalized spacial score (nSPS) is 11.0. The molecular formula is C23H23N5O2S2. The van der Waals surface area contributed by atoms with Gasteiger partial charge in [0.25, 0.3) is 5.91 Å². The van der Waals surface area contributed by atoms with Crippen LogP contribution in [0, 0.1) is 0 Å². The van der Waals surface area contributed by atoms with Gasteiger partial charge in [0.2, 0.25) is 5.01 Å². The smallest absolute Gasteiger partial charge is 0.286 e. The van der Waals surface area contributed by atoms with Crippen molar-refractivity contribution in [3.8, 4) is 11.4 Å². The molecule has 0 radical (unpaired) electrons. The number of carbonyl (C=O) groups excluding carboxylic acids is 1. The van der Waals surface area contributed by atoms with Crippen molar-refractivity contribution in [1.82, 2.24) is 19.7 Å². The number of ether oxygens (including phenoxy) is 1. The minimum absolute atomic E-state index is 0.281. The molecule has 0 saturated heterocycles. The van der Waals surface area contributed by atoms with Gasteiger partial charge in [-0.3, -0.25) is 9.36 Å². The number of amides is 1. The molecule has 0 aliphatic carbocycles. The Morgan fingerprint density at radius 2 is 1.94 bits per heavy atom. The van der Waals surface area contributed by atoms with Gasteiger partial charge < -0.3 is 10.1 Å². The van der Waals surface area contributed by atoms with E-state index in [9.17, 15) is 4.79 Å². The molecular weight excluding hydrogens is 442 g/mol. The lowest BCUT2D eigenvalue weighted by Gasteiger charge is -2.15. The van der Waals surface area contributed by atoms with Crippen molar-refractivity contribution in [3.63, 3.8) is 0 Å². The molecule has 9 heteroatoms. The van der Waals surface area contributed by atoms with Crippen molar-refractivity contribution in [2.45, 2.75) is 30.7 Å². The van der Waals surface area contributed by atoms with Crippen LogP contribution < -0.4 is 10.1 Å². The van der Waals surface area contributed by atoms with Crippen LogP contribution in [0.1, 0.15) is 40.1 Å². The van der Waals surface area contributed by atoms with Gasteiger partial charge in [0.15, 0.2) is 5.16 Å². The molecule has 32 heavy (non-hydrogen) atoms. The van der Waals surface area contributed by atoms with Crippen molar-refractivity contribution in [3.05, 3.63) is 76.5 Å². The number of para-hydroxylation sites is 1. The van der Waals surface area contributed by atoms with Gasteiger partial charge >= 0.3 is 0 Å². The van der Waals surface area contributed by atoms with Gasteiger partial charge in [-0.15, -0.1) is 10.2 Å². The van der Waals surface area contributed by atoms with E-state index < -0.39 is 0 Å². The van der Waals surface area contributed by atoms with Crippen molar-refractivity contribution < 1.29 is 9.53 Å². The second-order valence-corrected chi connectivity index (χ2v) is 9.27. The number of hydrogen-bond acceptors (Lipinski definition) is 7. The lowest BCUT2D eigenvalue weighted by atomic mass is 10.0. The number of methoxy groups -OCH3 is 1. The van der Waals surface area contributed by atoms with E-state index in [-0.39, 0.29) is 5.91 Å². The monoisotopic (exact) mass is 465 g/mol. The fraction of sp³-hybridized carbons (Fsp3) is 0.217. The number of nitrogens with one attached hydrogen (secondary N) is 1. The molecule has 2 aromatic carbocycles. The molecule has 2 aromatic heterocycles. The summed E-state index contributed by atoms with van der Waals surface area (Å²) < 4.78 is 7.23. The van der Waals surface area contributed by atoms with Crippen LogP contribution >= 0.6 is 23.1 Å². The first-order valence-corrected chi connectivity index (χ1v) is 11.9. The standard InChI is InChI=1S/C23H23N5O2S2/c1-15(2)18-6-4-5-7-19(18)28-13-12-24-23(28)31-14-20-26-27-22(32-20)21(29)25-16-8-10-17(30-3)11-9-16/h4-13,15H,14H2,1-3H3,(H,25,29). The summed E-state index contributed by atoms with van der Waals surface area (Å²) in [5.41, 5.74) is 3.06. The van der Waals surface area contributed by atoms with Gasteiger partial charge in [-0.25, -0.2) is 4.98 Å². The molecule has 0 saturated carbocycles. The van der Waals surface area contributed by atoms with Gasteiger partial charge in [0.1, 0.15) is 10.8 Å². The summed E-state index contributed by atoms with van der Waals surface area (Å²) in [6.45, 7) is 4.37. The lowest BCUT2D eigenvalue weighted by Crippen LogP contribution is -2.11. The second kappa shape index (κ2) is 9.97. The average molecular weight is 466 g/mol. The number of imidazole rings is 1. The quantitative estimate of drug-likeness (QED) is 0.351. The van der Waals surface area contributed by atoms with Crippen molar-refractivity contribution >= 4 is 34.7 Å². The maximum absolute atomic E-state index is 12.5. The number of nitrogens with zero attached hydrogens (tertiary/aromatic N) is 4. The second-order valence-electron chi connectivity index (χ2n) is 7.27. The highest BCUT2D eigenvalue weighted by Gasteiger charge is 2.16. The highest BCUT2D eigenvalue weighted by atomic mass is 32.2. The minimum Gasteiger partial charge on any atom is -0.497 e. The first-order chi connectivity index (χ1) is 15.5. The number of benzene rings is 2. The summed E-state index contributed by atoms with van der Waals surface area (Å²) >= 11 is 2.85. The van der Waals surface area contributed by atoms with E-state index >= 15 is 0 Å². The van der Waals surface area contributed by atoms with E-state index in [0.29, 0.717) is 22.4 Å². The van der Waals surface area contributed by atoms with Gasteiger partial charge in [-0.2, -0.15) is 0 Å². The van der Waals surface area contributed by atoms with Crippen LogP contribution in [0.25, 0.3) is 5.69 Å². The number of hydrogen-bond donors (Lipinski definition) is 1. The molecule has 0 bridgehead atoms. The molecule has 7 nitrogen and oxygen atoms in total. The Morgan fingerprint density at radius 3 is 2.69 bits per heavy atom. The third-order valence-electron chi connectivity index (χ3n) is 4.76. The number of thioether (sulfide) groups is 1. The Bertz CT molecular complexity index is 1200. The maximum Gasteiger partial charge on any atom is 0.286 e. The largest absolute Gasteiger partial charge is 0.497 e. The van der Waals surface area contributed by atoms with Crippen LogP contribution in [0.3, 0.4) is 0 Å². The minimum atomic E-state index is -0.281. The third-order valence-corrected chi connectivity index (χ3v) is 6.84. The number of rotatable bonds is 8. The SMILES string of the molecule is COc1ccc(NC(=O)c2nnc(CSc3nccn3-c3ccccc3C(C)C)s2)cc1. The van der Waals surface area contributed by atoms with Crippen molar-refractivity contribution in [1.29, 1.82) is 0 Å². The third kappa shape index (κ3) is 5.00. The number of carbonyl (C=O) groups is 1. The highest BCUT2D eigenvalue weighted by Crippen LogP contribution is 2.29. The summed E-state index contributed by atoms with van der Waals surface area (Å²) in [5.74, 6) is 1.43. The van der Waals surface area contributed by atoms with Crippen LogP contribution in [-0.4, -0.2) is 32.8 Å². The molecule has 0 fully saturated rings. The maximum atomic E-state index is 12.5. The molecule has 1 amide bonds. The van der Waals surface area contributed by atoms with Crippen LogP contribution in [0.2, 0.25) is 0 Å². The summed E-state index contributed by atoms with van der Waals surface area (Å²) in [6, 6.07) is 15.5. The van der Waals surface area contributed by atoms with Gasteiger partial charge in [-0.05, 0) is 41.8 Å². The fourth-order valence-electron chi connectivity index (χ4n) is 3.16. The number of aromatic nitrogens is 4. The molecule has 4 aromatic rings. The van der Waals surface area contributed by atoms with Gasteiger partial charge in [0.05, 0.1) is 18.6 Å². The van der Waals surface area contributed by atoms with Crippen LogP contribution in [0.15, 0.2) is 66.1 Å². The van der Waals surface area contributed by atoms with Crippen molar-refractivity contribution in [2.24, 2.45) is 0 Å². The van der Waals surface area contributed by atoms with Crippen LogP contribution in [0.5, 0.6) is 5.75 Å². The van der Waals surface area contributed by atoms with Crippen LogP contribution in [0.4, 0.5) is 5.69 Å². The average Bonchev–Trinajstić information content (AvgIpc) is 3.48. The topological polar surface area (TPSA) is 81.9 Å². The lowest BCUT2D eigenvalue weighted by molar-refractivity contribution is 0.102. The van der Waals surface area contributed by atoms with E-state index in [1.807, 2.05) is 12.3 Å². The molecule has 0 unspecified atom stereocenters. The van der Waals surface area contributed by atoms with E-state index in [4.69, 9.17) is 4.74 Å². The van der Waals surface area contributed by atoms with E-state index in [1.165, 1.54) is 16.9 Å². The van der Waals surface area contributed by atoms with Gasteiger partial charge in [-0.1, -0.05) is 55.1 Å². The molecule has 164 valence electrons. The molecule has 2 heterocycles. The first-order valence-electron chi connectivity index (χ1n) is 10.1. The van der Waals surface area contributed by atoms with Crippen LogP contribution in [-0.2, 0) is 5.75 Å². The highest BCUT2D eigenvalue weighted by molar-refractivity contribution is 7.98. The Kier molecular flexibility index (Phi) is 6.87. The van der Waals surface area contributed by atoms with Gasteiger partial charge in [0, 0.05) is 18.1 Å². The molecule has 0 spiro atoms. The zero-order valence-electron chi connectivity index (χ0n) is 18.0. The fourth-order valence-corrected chi connectivity index (χ4v) is 4.85. The predicted molar refractivity (Wildman–Crippen MR) is 128 cm³/mol. The van der Waals surface area contributed by atoms with E-state index in [0.717, 1.165) is 21.6 Å². The molecule has 0 aliphatic heterocycles. The molecule has 0 atom stereocenters. The zero-order chi connectivity index (χ0) is 22.5. The molecule has 4 rings (SSSR count). The summed E-state index contributed by atoms with van der Waals surface area (Å²) in [6.07, 6.45) is 3.77. The Morgan fingerprint density at radius 1 is 1.16 bits per heavy atom. The summed E-state index contributed by atoms with van der Waals surface area (Å²) in [7, 11) is 1.60. The summed E-state index contributed by atoms with van der Waals surface area (Å²) in [4.78, 5) is 17.0. The summed E-state index contributed by atoms with van der Waals surface area (Å²) in [5, 5.41) is 13.0. The Balaban J connectivity index is 1.42. The molecule has 1 N–H and O–H groups in total. The Labute approximate surface area is 194 Å². The zero-order valence-corrected chi connectivity index (χ0v) is 19.6. The number of anilines is 1. The van der Waals surface area contributed by atoms with E-state index in [2.05, 4.69) is 57.1 Å². The first kappa shape index (κ1) is 22.0. The van der Waals surface area contributed by atoms with Crippen molar-refractivity contribution in [2.75, 3.05) is 12.4 Å².